The molecule has 2 aliphatic heterocycles. The van der Waals surface area contributed by atoms with Crippen molar-refractivity contribution in [3.05, 3.63) is 46.7 Å². The number of hydrogen-bond acceptors (Lipinski definition) is 4. The maximum absolute atomic E-state index is 13.2. The maximum Gasteiger partial charge on any atom is 0.416 e. The number of piperazine rings is 1. The molecule has 2 saturated heterocycles. The van der Waals surface area contributed by atoms with Gasteiger partial charge in [-0.05, 0) is 62.4 Å². The van der Waals surface area contributed by atoms with Crippen molar-refractivity contribution >= 4 is 23.4 Å². The van der Waals surface area contributed by atoms with Crippen LogP contribution in [0, 0.1) is 5.92 Å². The molecule has 2 aromatic rings. The predicted octanol–water partition coefficient (Wildman–Crippen LogP) is 5.35. The third-order valence-corrected chi connectivity index (χ3v) is 7.45. The van der Waals surface area contributed by atoms with Crippen molar-refractivity contribution in [1.29, 1.82) is 0 Å². The Kier molecular flexibility index (Phi) is 7.44. The van der Waals surface area contributed by atoms with E-state index in [4.69, 9.17) is 16.0 Å². The van der Waals surface area contributed by atoms with Gasteiger partial charge in [-0.15, -0.1) is 0 Å². The summed E-state index contributed by atoms with van der Waals surface area (Å²) >= 11 is 6.15. The number of likely N-dealkylation sites (N-methyl/N-ethyl adjacent to an activating group) is 1. The topological polar surface area (TPSA) is 65.8 Å². The number of rotatable bonds is 6. The number of carbonyl (C=O) groups excluding carboxylic acids is 2. The van der Waals surface area contributed by atoms with E-state index in [-0.39, 0.29) is 34.1 Å². The van der Waals surface area contributed by atoms with E-state index in [1.807, 2.05) is 20.8 Å². The Morgan fingerprint density at radius 1 is 1.17 bits per heavy atom. The Morgan fingerprint density at radius 2 is 1.86 bits per heavy atom. The predicted molar refractivity (Wildman–Crippen MR) is 130 cm³/mol. The number of alkyl halides is 3. The van der Waals surface area contributed by atoms with Gasteiger partial charge in [0.25, 0.3) is 0 Å². The molecule has 0 aliphatic carbocycles. The van der Waals surface area contributed by atoms with Crippen LogP contribution in [0.4, 0.5) is 13.2 Å². The average Bonchev–Trinajstić information content (AvgIpc) is 3.26. The summed E-state index contributed by atoms with van der Waals surface area (Å²) in [4.78, 5) is 30.2. The molecule has 0 radical (unpaired) electrons. The van der Waals surface area contributed by atoms with Crippen LogP contribution >= 0.6 is 11.6 Å². The van der Waals surface area contributed by atoms with Gasteiger partial charge in [0.15, 0.2) is 0 Å². The molecule has 1 atom stereocenters. The highest BCUT2D eigenvalue weighted by atomic mass is 35.5. The third kappa shape index (κ3) is 5.13. The van der Waals surface area contributed by atoms with Crippen molar-refractivity contribution in [3.63, 3.8) is 0 Å². The molecule has 1 aromatic heterocycles. The van der Waals surface area contributed by atoms with Crippen LogP contribution < -0.4 is 5.32 Å². The van der Waals surface area contributed by atoms with E-state index in [2.05, 4.69) is 10.2 Å². The molecule has 1 aromatic carbocycles. The van der Waals surface area contributed by atoms with Crippen LogP contribution in [-0.2, 0) is 22.3 Å². The molecule has 2 fully saturated rings. The number of carbonyl (C=O) groups is 2. The molecule has 6 nitrogen and oxygen atoms in total. The van der Waals surface area contributed by atoms with Crippen LogP contribution in [0.1, 0.15) is 51.4 Å². The van der Waals surface area contributed by atoms with Gasteiger partial charge in [0.05, 0.1) is 17.1 Å². The highest BCUT2D eigenvalue weighted by molar-refractivity contribution is 6.33. The summed E-state index contributed by atoms with van der Waals surface area (Å²) in [5, 5.41) is 3.14. The molecule has 1 N–H and O–H groups in total. The summed E-state index contributed by atoms with van der Waals surface area (Å²) in [7, 11) is 0. The first-order chi connectivity index (χ1) is 16.9. The zero-order valence-electron chi connectivity index (χ0n) is 20.6. The summed E-state index contributed by atoms with van der Waals surface area (Å²) in [6.07, 6.45) is -2.87. The highest BCUT2D eigenvalue weighted by Crippen LogP contribution is 2.37. The molecule has 1 spiro atoms. The first kappa shape index (κ1) is 26.5. The van der Waals surface area contributed by atoms with E-state index in [1.165, 1.54) is 6.07 Å². The Morgan fingerprint density at radius 3 is 2.47 bits per heavy atom. The SMILES string of the molecule is CCN1C(=O)C(CC(C)C)NC(=O)C12CCN(Cc1ccc(-c3cc(C(F)(F)F)ccc3Cl)o1)CC2. The molecule has 2 aliphatic rings. The zero-order chi connectivity index (χ0) is 26.3. The zero-order valence-corrected chi connectivity index (χ0v) is 21.4. The molecule has 2 amide bonds. The fraction of sp³-hybridized carbons (Fsp3) is 0.538. The van der Waals surface area contributed by atoms with Gasteiger partial charge in [-0.25, -0.2) is 0 Å². The first-order valence-electron chi connectivity index (χ1n) is 12.2. The number of likely N-dealkylation sites (tertiary alicyclic amines) is 1. The van der Waals surface area contributed by atoms with E-state index in [0.717, 1.165) is 12.1 Å². The lowest BCUT2D eigenvalue weighted by Gasteiger charge is -2.51. The molecule has 3 heterocycles. The molecular formula is C26H31ClF3N3O3. The third-order valence-electron chi connectivity index (χ3n) is 7.12. The van der Waals surface area contributed by atoms with Crippen LogP contribution in [-0.4, -0.2) is 52.8 Å². The van der Waals surface area contributed by atoms with Crippen molar-refractivity contribution in [2.45, 2.75) is 64.3 Å². The van der Waals surface area contributed by atoms with Gasteiger partial charge in [-0.2, -0.15) is 13.2 Å². The number of amides is 2. The van der Waals surface area contributed by atoms with Crippen LogP contribution in [0.2, 0.25) is 5.02 Å². The smallest absolute Gasteiger partial charge is 0.416 e. The largest absolute Gasteiger partial charge is 0.460 e. The van der Waals surface area contributed by atoms with Crippen molar-refractivity contribution in [2.75, 3.05) is 19.6 Å². The lowest BCUT2D eigenvalue weighted by molar-refractivity contribution is -0.161. The molecular weight excluding hydrogens is 495 g/mol. The first-order valence-corrected chi connectivity index (χ1v) is 12.6. The van der Waals surface area contributed by atoms with E-state index >= 15 is 0 Å². The number of hydrogen-bond donors (Lipinski definition) is 1. The average molecular weight is 526 g/mol. The van der Waals surface area contributed by atoms with Crippen molar-refractivity contribution in [2.24, 2.45) is 5.92 Å². The summed E-state index contributed by atoms with van der Waals surface area (Å²) in [5.74, 6) is 1.03. The van der Waals surface area contributed by atoms with Crippen LogP contribution in [0.15, 0.2) is 34.7 Å². The molecule has 36 heavy (non-hydrogen) atoms. The summed E-state index contributed by atoms with van der Waals surface area (Å²) < 4.78 is 45.2. The van der Waals surface area contributed by atoms with Gasteiger partial charge in [0, 0.05) is 25.2 Å². The fourth-order valence-corrected chi connectivity index (χ4v) is 5.47. The summed E-state index contributed by atoms with van der Waals surface area (Å²) in [6, 6.07) is 6.00. The molecule has 0 bridgehead atoms. The van der Waals surface area contributed by atoms with Crippen LogP contribution in [0.3, 0.4) is 0 Å². The Labute approximate surface area is 213 Å². The normalized spacial score (nSPS) is 20.9. The Hall–Kier alpha value is -2.52. The Bertz CT molecular complexity index is 1120. The van der Waals surface area contributed by atoms with Crippen molar-refractivity contribution in [3.8, 4) is 11.3 Å². The number of halogens is 4. The molecule has 0 saturated carbocycles. The number of benzene rings is 1. The monoisotopic (exact) mass is 525 g/mol. The summed E-state index contributed by atoms with van der Waals surface area (Å²) in [5.41, 5.74) is -1.46. The lowest BCUT2D eigenvalue weighted by atomic mass is 9.81. The molecule has 4 rings (SSSR count). The van der Waals surface area contributed by atoms with Gasteiger partial charge in [-0.1, -0.05) is 25.4 Å². The van der Waals surface area contributed by atoms with Gasteiger partial charge in [0.1, 0.15) is 23.1 Å². The summed E-state index contributed by atoms with van der Waals surface area (Å²) in [6.45, 7) is 8.02. The number of nitrogens with zero attached hydrogens (tertiary/aromatic N) is 2. The highest BCUT2D eigenvalue weighted by Gasteiger charge is 2.53. The Balaban J connectivity index is 1.44. The van der Waals surface area contributed by atoms with E-state index < -0.39 is 23.3 Å². The lowest BCUT2D eigenvalue weighted by Crippen LogP contribution is -2.72. The van der Waals surface area contributed by atoms with Crippen molar-refractivity contribution in [1.82, 2.24) is 15.1 Å². The van der Waals surface area contributed by atoms with Gasteiger partial charge in [-0.3, -0.25) is 14.5 Å². The fourth-order valence-electron chi connectivity index (χ4n) is 5.26. The molecule has 1 unspecified atom stereocenters. The number of piperidine rings is 1. The molecule has 10 heteroatoms. The van der Waals surface area contributed by atoms with Crippen LogP contribution in [0.25, 0.3) is 11.3 Å². The van der Waals surface area contributed by atoms with E-state index in [1.54, 1.807) is 17.0 Å². The number of furan rings is 1. The second kappa shape index (κ2) is 10.1. The van der Waals surface area contributed by atoms with Gasteiger partial charge in [0.2, 0.25) is 11.8 Å². The second-order valence-corrected chi connectivity index (χ2v) is 10.4. The van der Waals surface area contributed by atoms with Crippen LogP contribution in [0.5, 0.6) is 0 Å². The van der Waals surface area contributed by atoms with E-state index in [0.29, 0.717) is 51.2 Å². The molecule has 196 valence electrons. The van der Waals surface area contributed by atoms with E-state index in [9.17, 15) is 22.8 Å². The van der Waals surface area contributed by atoms with Crippen molar-refractivity contribution < 1.29 is 27.2 Å². The minimum Gasteiger partial charge on any atom is -0.460 e. The maximum atomic E-state index is 13.2. The minimum atomic E-state index is -4.48. The minimum absolute atomic E-state index is 0.0205. The number of nitrogens with one attached hydrogen (secondary N) is 1. The van der Waals surface area contributed by atoms with Gasteiger partial charge < -0.3 is 14.6 Å². The van der Waals surface area contributed by atoms with Gasteiger partial charge >= 0.3 is 6.18 Å². The quantitative estimate of drug-likeness (QED) is 0.552. The second-order valence-electron chi connectivity index (χ2n) is 10.0. The standard InChI is InChI=1S/C26H31ClF3N3O3/c1-4-33-23(34)21(13-16(2)3)31-24(35)25(33)9-11-32(12-10-25)15-18-6-8-22(36-18)19-14-17(26(28,29)30)5-7-20(19)27/h5-8,14,16,21H,4,9-13,15H2,1-3H3,(H,31,35).